The van der Waals surface area contributed by atoms with Crippen LogP contribution in [-0.2, 0) is 13.1 Å². The van der Waals surface area contributed by atoms with E-state index in [0.717, 1.165) is 35.6 Å². The number of furan rings is 1. The maximum absolute atomic E-state index is 13.6. The molecule has 34 heavy (non-hydrogen) atoms. The molecule has 0 saturated heterocycles. The highest BCUT2D eigenvalue weighted by Gasteiger charge is 2.31. The molecule has 5 rings (SSSR count). The number of benzene rings is 2. The fourth-order valence-corrected chi connectivity index (χ4v) is 4.90. The van der Waals surface area contributed by atoms with E-state index in [2.05, 4.69) is 51.6 Å². The second-order valence-corrected chi connectivity index (χ2v) is 9.20. The first-order valence-corrected chi connectivity index (χ1v) is 12.0. The van der Waals surface area contributed by atoms with Crippen molar-refractivity contribution in [1.29, 1.82) is 0 Å². The molecular weight excluding hydrogens is 429 g/mol. The van der Waals surface area contributed by atoms with E-state index in [1.165, 1.54) is 37.0 Å². The van der Waals surface area contributed by atoms with Gasteiger partial charge in [0, 0.05) is 6.54 Å². The van der Waals surface area contributed by atoms with Gasteiger partial charge in [-0.25, -0.2) is 9.07 Å². The minimum absolute atomic E-state index is 0.187. The van der Waals surface area contributed by atoms with Gasteiger partial charge in [-0.15, -0.1) is 5.10 Å². The second-order valence-electron chi connectivity index (χ2n) is 9.20. The van der Waals surface area contributed by atoms with Crippen LogP contribution in [0.4, 0.5) is 4.39 Å². The first-order chi connectivity index (χ1) is 16.7. The molecule has 176 valence electrons. The van der Waals surface area contributed by atoms with Gasteiger partial charge in [0.2, 0.25) is 0 Å². The van der Waals surface area contributed by atoms with E-state index in [-0.39, 0.29) is 11.9 Å². The number of aryl methyl sites for hydroxylation is 1. The van der Waals surface area contributed by atoms with Crippen molar-refractivity contribution in [1.82, 2.24) is 25.1 Å². The van der Waals surface area contributed by atoms with Crippen molar-refractivity contribution in [3.05, 3.63) is 101 Å². The van der Waals surface area contributed by atoms with Crippen molar-refractivity contribution in [3.63, 3.8) is 0 Å². The van der Waals surface area contributed by atoms with Crippen molar-refractivity contribution in [2.24, 2.45) is 0 Å². The Balaban J connectivity index is 1.58. The minimum atomic E-state index is -0.238. The number of halogens is 1. The summed E-state index contributed by atoms with van der Waals surface area (Å²) in [7, 11) is 0. The first-order valence-electron chi connectivity index (χ1n) is 12.0. The molecule has 2 aromatic heterocycles. The monoisotopic (exact) mass is 459 g/mol. The normalized spacial score (nSPS) is 15.6. The van der Waals surface area contributed by atoms with Crippen LogP contribution < -0.4 is 0 Å². The van der Waals surface area contributed by atoms with Gasteiger partial charge in [-0.3, -0.25) is 4.90 Å². The number of tetrazole rings is 1. The van der Waals surface area contributed by atoms with Crippen LogP contribution >= 0.6 is 0 Å². The lowest BCUT2D eigenvalue weighted by molar-refractivity contribution is 0.174. The molecule has 7 heteroatoms. The Morgan fingerprint density at radius 3 is 2.47 bits per heavy atom. The van der Waals surface area contributed by atoms with Gasteiger partial charge in [0.25, 0.3) is 0 Å². The molecule has 0 aliphatic heterocycles. The molecule has 0 radical (unpaired) electrons. The topological polar surface area (TPSA) is 60.0 Å². The third-order valence-electron chi connectivity index (χ3n) is 6.68. The van der Waals surface area contributed by atoms with Gasteiger partial charge >= 0.3 is 0 Å². The van der Waals surface area contributed by atoms with Crippen molar-refractivity contribution < 1.29 is 8.81 Å². The summed E-state index contributed by atoms with van der Waals surface area (Å²) < 4.78 is 21.4. The molecule has 0 spiro atoms. The van der Waals surface area contributed by atoms with Crippen molar-refractivity contribution in [2.75, 3.05) is 0 Å². The van der Waals surface area contributed by atoms with Crippen molar-refractivity contribution >= 4 is 0 Å². The summed E-state index contributed by atoms with van der Waals surface area (Å²) in [4.78, 5) is 2.31. The third-order valence-corrected chi connectivity index (χ3v) is 6.68. The summed E-state index contributed by atoms with van der Waals surface area (Å²) in [5, 5.41) is 13.1. The fraction of sp³-hybridized carbons (Fsp3) is 0.370. The number of hydrogen-bond donors (Lipinski definition) is 0. The Kier molecular flexibility index (Phi) is 6.81. The van der Waals surface area contributed by atoms with Gasteiger partial charge < -0.3 is 4.42 Å². The first kappa shape index (κ1) is 22.5. The number of rotatable bonds is 8. The highest BCUT2D eigenvalue weighted by molar-refractivity contribution is 5.29. The lowest BCUT2D eigenvalue weighted by atomic mass is 9.95. The van der Waals surface area contributed by atoms with Crippen molar-refractivity contribution in [2.45, 2.75) is 64.2 Å². The summed E-state index contributed by atoms with van der Waals surface area (Å²) in [6.07, 6.45) is 7.54. The van der Waals surface area contributed by atoms with E-state index in [9.17, 15) is 4.39 Å². The van der Waals surface area contributed by atoms with Gasteiger partial charge in [-0.1, -0.05) is 61.2 Å². The molecule has 2 heterocycles. The van der Waals surface area contributed by atoms with Crippen LogP contribution in [-0.4, -0.2) is 25.1 Å². The van der Waals surface area contributed by atoms with Crippen molar-refractivity contribution in [3.8, 4) is 0 Å². The lowest BCUT2D eigenvalue weighted by Gasteiger charge is -2.32. The molecule has 1 aliphatic carbocycles. The molecule has 0 amide bonds. The minimum Gasteiger partial charge on any atom is -0.468 e. The molecule has 2 aromatic carbocycles. The van der Waals surface area contributed by atoms with E-state index in [1.807, 2.05) is 28.9 Å². The van der Waals surface area contributed by atoms with Crippen LogP contribution in [0.1, 0.15) is 72.5 Å². The standard InChI is InChI=1S/C27H30FN5O/c1-20-9-13-22(14-10-20)26(27-29-30-31-33(27)24-6-3-2-4-7-24)32(19-25-8-5-17-34-25)18-21-11-15-23(28)16-12-21/h5,8-17,24,26H,2-4,6-7,18-19H2,1H3/t26-/m0/s1. The molecule has 1 saturated carbocycles. The molecule has 0 bridgehead atoms. The van der Waals surface area contributed by atoms with Gasteiger partial charge in [-0.2, -0.15) is 0 Å². The quantitative estimate of drug-likeness (QED) is 0.323. The summed E-state index contributed by atoms with van der Waals surface area (Å²) in [5.74, 6) is 1.46. The largest absolute Gasteiger partial charge is 0.468 e. The molecular formula is C27H30FN5O. The van der Waals surface area contributed by atoms with Gasteiger partial charge in [0.1, 0.15) is 11.6 Å². The molecule has 1 aliphatic rings. The molecule has 1 atom stereocenters. The summed E-state index contributed by atoms with van der Waals surface area (Å²) in [5.41, 5.74) is 3.33. The predicted octanol–water partition coefficient (Wildman–Crippen LogP) is 6.01. The number of hydrogen-bond acceptors (Lipinski definition) is 5. The van der Waals surface area contributed by atoms with E-state index in [4.69, 9.17) is 4.42 Å². The molecule has 1 fully saturated rings. The summed E-state index contributed by atoms with van der Waals surface area (Å²) >= 11 is 0. The smallest absolute Gasteiger partial charge is 0.173 e. The Morgan fingerprint density at radius 2 is 1.76 bits per heavy atom. The number of aromatic nitrogens is 4. The van der Waals surface area contributed by atoms with Gasteiger partial charge in [0.05, 0.1) is 24.9 Å². The van der Waals surface area contributed by atoms with Crippen LogP contribution in [0.15, 0.2) is 71.3 Å². The summed E-state index contributed by atoms with van der Waals surface area (Å²) in [6, 6.07) is 19.2. The van der Waals surface area contributed by atoms with Gasteiger partial charge in [-0.05, 0) is 65.6 Å². The average Bonchev–Trinajstić information content (AvgIpc) is 3.55. The Labute approximate surface area is 199 Å². The predicted molar refractivity (Wildman–Crippen MR) is 127 cm³/mol. The van der Waals surface area contributed by atoms with E-state index >= 15 is 0 Å². The molecule has 0 unspecified atom stereocenters. The fourth-order valence-electron chi connectivity index (χ4n) is 4.90. The average molecular weight is 460 g/mol. The lowest BCUT2D eigenvalue weighted by Crippen LogP contribution is -2.32. The third kappa shape index (κ3) is 5.09. The zero-order valence-electron chi connectivity index (χ0n) is 19.5. The highest BCUT2D eigenvalue weighted by Crippen LogP contribution is 2.35. The second kappa shape index (κ2) is 10.3. The Bertz CT molecular complexity index is 1160. The molecule has 0 N–H and O–H groups in total. The summed E-state index contributed by atoms with van der Waals surface area (Å²) in [6.45, 7) is 3.25. The van der Waals surface area contributed by atoms with Crippen LogP contribution in [0.2, 0.25) is 0 Å². The Morgan fingerprint density at radius 1 is 1.00 bits per heavy atom. The zero-order valence-corrected chi connectivity index (χ0v) is 19.5. The van der Waals surface area contributed by atoms with E-state index < -0.39 is 0 Å². The Hall–Kier alpha value is -3.32. The van der Waals surface area contributed by atoms with Crippen LogP contribution in [0.3, 0.4) is 0 Å². The zero-order chi connectivity index (χ0) is 23.3. The maximum Gasteiger partial charge on any atom is 0.173 e. The molecule has 4 aromatic rings. The molecule has 6 nitrogen and oxygen atoms in total. The van der Waals surface area contributed by atoms with E-state index in [0.29, 0.717) is 19.1 Å². The van der Waals surface area contributed by atoms with E-state index in [1.54, 1.807) is 6.26 Å². The number of nitrogens with zero attached hydrogens (tertiary/aromatic N) is 5. The van der Waals surface area contributed by atoms with Crippen LogP contribution in [0.25, 0.3) is 0 Å². The SMILES string of the molecule is Cc1ccc([C@@H](c2nnnn2C2CCCCC2)N(Cc2ccc(F)cc2)Cc2ccco2)cc1. The van der Waals surface area contributed by atoms with Gasteiger partial charge in [0.15, 0.2) is 5.82 Å². The van der Waals surface area contributed by atoms with Crippen LogP contribution in [0, 0.1) is 12.7 Å². The van der Waals surface area contributed by atoms with Crippen LogP contribution in [0.5, 0.6) is 0 Å². The highest BCUT2D eigenvalue weighted by atomic mass is 19.1. The maximum atomic E-state index is 13.6.